The third-order valence-corrected chi connectivity index (χ3v) is 2.69. The molecule has 0 bridgehead atoms. The normalized spacial score (nSPS) is 12.3. The fourth-order valence-corrected chi connectivity index (χ4v) is 1.77. The fraction of sp³-hybridized carbons (Fsp3) is 0.455. The molecule has 2 aromatic heterocycles. The number of H-pyrrole nitrogens is 1. The van der Waals surface area contributed by atoms with Gasteiger partial charge in [0, 0.05) is 13.2 Å². The van der Waals surface area contributed by atoms with Crippen molar-refractivity contribution in [3.63, 3.8) is 0 Å². The minimum atomic E-state index is -0.139. The summed E-state index contributed by atoms with van der Waals surface area (Å²) in [6, 6.07) is 1.85. The van der Waals surface area contributed by atoms with E-state index in [2.05, 4.69) is 20.3 Å². The third-order valence-electron chi connectivity index (χ3n) is 2.69. The van der Waals surface area contributed by atoms with Crippen LogP contribution in [0, 0.1) is 5.92 Å². The predicted octanol–water partition coefficient (Wildman–Crippen LogP) is 0.296. The minimum Gasteiger partial charge on any atom is -0.340 e. The number of carbonyl (C=O) groups is 1. The monoisotopic (exact) mass is 248 g/mol. The van der Waals surface area contributed by atoms with Crippen molar-refractivity contribution in [3.8, 4) is 0 Å². The van der Waals surface area contributed by atoms with Crippen molar-refractivity contribution in [2.75, 3.05) is 7.05 Å². The van der Waals surface area contributed by atoms with E-state index >= 15 is 0 Å². The molecule has 0 fully saturated rings. The maximum absolute atomic E-state index is 12.1. The first-order chi connectivity index (χ1) is 8.66. The first kappa shape index (κ1) is 12.3. The molecule has 18 heavy (non-hydrogen) atoms. The van der Waals surface area contributed by atoms with Crippen LogP contribution in [-0.2, 0) is 17.9 Å². The summed E-state index contributed by atoms with van der Waals surface area (Å²) in [4.78, 5) is 17.7. The number of hydrogen-bond donors (Lipinski definition) is 1. The van der Waals surface area contributed by atoms with E-state index in [9.17, 15) is 4.79 Å². The number of nitrogens with one attached hydrogen (secondary N) is 1. The minimum absolute atomic E-state index is 0.0695. The molecule has 1 atom stereocenters. The second-order valence-corrected chi connectivity index (χ2v) is 4.29. The van der Waals surface area contributed by atoms with E-state index in [1.165, 1.54) is 6.33 Å². The van der Waals surface area contributed by atoms with Gasteiger partial charge in [-0.15, -0.1) is 0 Å². The van der Waals surface area contributed by atoms with Gasteiger partial charge in [0.15, 0.2) is 0 Å². The van der Waals surface area contributed by atoms with Crippen molar-refractivity contribution in [2.24, 2.45) is 5.92 Å². The van der Waals surface area contributed by atoms with Crippen molar-refractivity contribution < 1.29 is 4.79 Å². The van der Waals surface area contributed by atoms with Gasteiger partial charge in [-0.3, -0.25) is 14.6 Å². The predicted molar refractivity (Wildman–Crippen MR) is 64.2 cm³/mol. The van der Waals surface area contributed by atoms with Gasteiger partial charge >= 0.3 is 0 Å². The maximum Gasteiger partial charge on any atom is 0.227 e. The lowest BCUT2D eigenvalue weighted by Gasteiger charge is -2.20. The molecule has 0 saturated carbocycles. The lowest BCUT2D eigenvalue weighted by molar-refractivity contribution is -0.134. The Kier molecular flexibility index (Phi) is 3.71. The molecule has 2 aromatic rings. The molecule has 96 valence electrons. The molecule has 2 heterocycles. The topological polar surface area (TPSA) is 79.7 Å². The maximum atomic E-state index is 12.1. The van der Waals surface area contributed by atoms with Crippen LogP contribution < -0.4 is 0 Å². The lowest BCUT2D eigenvalue weighted by atomic mass is 10.1. The largest absolute Gasteiger partial charge is 0.340 e. The van der Waals surface area contributed by atoms with Crippen LogP contribution in [0.4, 0.5) is 0 Å². The van der Waals surface area contributed by atoms with Crippen molar-refractivity contribution in [1.82, 2.24) is 29.9 Å². The van der Waals surface area contributed by atoms with Gasteiger partial charge in [0.1, 0.15) is 12.7 Å². The molecule has 0 unspecified atom stereocenters. The fourth-order valence-electron chi connectivity index (χ4n) is 1.77. The van der Waals surface area contributed by atoms with Gasteiger partial charge in [-0.2, -0.15) is 10.2 Å². The molecule has 7 heteroatoms. The van der Waals surface area contributed by atoms with Gasteiger partial charge in [0.05, 0.1) is 24.7 Å². The highest BCUT2D eigenvalue weighted by molar-refractivity contribution is 5.78. The molecule has 7 nitrogen and oxygen atoms in total. The number of aromatic amines is 1. The molecule has 1 amide bonds. The molecule has 0 aliphatic heterocycles. The van der Waals surface area contributed by atoms with Crippen LogP contribution in [0.2, 0.25) is 0 Å². The van der Waals surface area contributed by atoms with Gasteiger partial charge in [0.2, 0.25) is 5.91 Å². The molecule has 0 aliphatic carbocycles. The van der Waals surface area contributed by atoms with E-state index in [1.54, 1.807) is 29.2 Å². The Balaban J connectivity index is 1.89. The van der Waals surface area contributed by atoms with Crippen LogP contribution in [0.1, 0.15) is 12.6 Å². The first-order valence-corrected chi connectivity index (χ1v) is 5.72. The molecule has 0 aromatic carbocycles. The van der Waals surface area contributed by atoms with E-state index in [0.29, 0.717) is 13.1 Å². The highest BCUT2D eigenvalue weighted by Gasteiger charge is 2.18. The number of nitrogens with zero attached hydrogens (tertiary/aromatic N) is 5. The molecular formula is C11H16N6O. The van der Waals surface area contributed by atoms with Crippen LogP contribution in [0.3, 0.4) is 0 Å². The van der Waals surface area contributed by atoms with E-state index in [1.807, 2.05) is 13.0 Å². The third kappa shape index (κ3) is 2.93. The Labute approximate surface area is 105 Å². The van der Waals surface area contributed by atoms with Crippen molar-refractivity contribution in [1.29, 1.82) is 0 Å². The van der Waals surface area contributed by atoms with E-state index in [-0.39, 0.29) is 11.8 Å². The Morgan fingerprint density at radius 1 is 1.61 bits per heavy atom. The molecule has 1 N–H and O–H groups in total. The van der Waals surface area contributed by atoms with Crippen LogP contribution in [0.15, 0.2) is 24.9 Å². The summed E-state index contributed by atoms with van der Waals surface area (Å²) < 4.78 is 1.66. The van der Waals surface area contributed by atoms with Gasteiger partial charge in [-0.25, -0.2) is 4.98 Å². The zero-order chi connectivity index (χ0) is 13.0. The van der Waals surface area contributed by atoms with E-state index in [4.69, 9.17) is 0 Å². The number of carbonyl (C=O) groups excluding carboxylic acids is 1. The van der Waals surface area contributed by atoms with Crippen LogP contribution in [-0.4, -0.2) is 42.8 Å². The summed E-state index contributed by atoms with van der Waals surface area (Å²) in [7, 11) is 1.78. The van der Waals surface area contributed by atoms with Crippen LogP contribution in [0.25, 0.3) is 0 Å². The highest BCUT2D eigenvalue weighted by atomic mass is 16.2. The van der Waals surface area contributed by atoms with Gasteiger partial charge < -0.3 is 4.90 Å². The summed E-state index contributed by atoms with van der Waals surface area (Å²) in [5.41, 5.74) is 0.916. The molecule has 0 saturated heterocycles. The summed E-state index contributed by atoms with van der Waals surface area (Å²) in [6.07, 6.45) is 4.75. The summed E-state index contributed by atoms with van der Waals surface area (Å²) in [6.45, 7) is 2.94. The smallest absolute Gasteiger partial charge is 0.227 e. The second kappa shape index (κ2) is 5.44. The highest BCUT2D eigenvalue weighted by Crippen LogP contribution is 2.06. The Bertz CT molecular complexity index is 433. The van der Waals surface area contributed by atoms with E-state index in [0.717, 1.165) is 5.69 Å². The quantitative estimate of drug-likeness (QED) is 0.825. The number of rotatable bonds is 5. The number of aromatic nitrogens is 5. The zero-order valence-electron chi connectivity index (χ0n) is 10.4. The van der Waals surface area contributed by atoms with Crippen LogP contribution >= 0.6 is 0 Å². The number of amides is 1. The van der Waals surface area contributed by atoms with Crippen LogP contribution in [0.5, 0.6) is 0 Å². The molecule has 0 spiro atoms. The molecule has 0 aliphatic rings. The number of hydrogen-bond acceptors (Lipinski definition) is 4. The van der Waals surface area contributed by atoms with Gasteiger partial charge in [-0.1, -0.05) is 6.92 Å². The Morgan fingerprint density at radius 2 is 2.44 bits per heavy atom. The first-order valence-electron chi connectivity index (χ1n) is 5.72. The van der Waals surface area contributed by atoms with Crippen molar-refractivity contribution >= 4 is 5.91 Å². The Morgan fingerprint density at radius 3 is 3.06 bits per heavy atom. The van der Waals surface area contributed by atoms with Gasteiger partial charge in [-0.05, 0) is 6.07 Å². The average molecular weight is 248 g/mol. The van der Waals surface area contributed by atoms with E-state index < -0.39 is 0 Å². The summed E-state index contributed by atoms with van der Waals surface area (Å²) in [5, 5.41) is 10.7. The SMILES string of the molecule is C[C@H](Cn1cncn1)C(=O)N(C)Cc1ccn[nH]1. The standard InChI is InChI=1S/C11H16N6O/c1-9(5-17-8-12-7-14-17)11(18)16(2)6-10-3-4-13-15-10/h3-4,7-9H,5-6H2,1-2H3,(H,13,15)/t9-/m1/s1. The zero-order valence-corrected chi connectivity index (χ0v) is 10.4. The average Bonchev–Trinajstić information content (AvgIpc) is 3.01. The summed E-state index contributed by atoms with van der Waals surface area (Å²) in [5.74, 6) is -0.0697. The lowest BCUT2D eigenvalue weighted by Crippen LogP contribution is -2.33. The second-order valence-electron chi connectivity index (χ2n) is 4.29. The van der Waals surface area contributed by atoms with Gasteiger partial charge in [0.25, 0.3) is 0 Å². The molecule has 2 rings (SSSR count). The van der Waals surface area contributed by atoms with Crippen molar-refractivity contribution in [3.05, 3.63) is 30.6 Å². The molecular weight excluding hydrogens is 232 g/mol. The molecule has 0 radical (unpaired) electrons. The summed E-state index contributed by atoms with van der Waals surface area (Å²) >= 11 is 0. The Hall–Kier alpha value is -2.18. The van der Waals surface area contributed by atoms with Crippen molar-refractivity contribution in [2.45, 2.75) is 20.0 Å².